The Morgan fingerprint density at radius 3 is 1.96 bits per heavy atom. The number of nitrogens with two attached hydrogens (primary N) is 1. The Labute approximate surface area is 160 Å². The summed E-state index contributed by atoms with van der Waals surface area (Å²) in [7, 11) is 4.55. The number of amides is 2. The summed E-state index contributed by atoms with van der Waals surface area (Å²) < 4.78 is 15.8. The Balaban J connectivity index is 2.32. The zero-order valence-electron chi connectivity index (χ0n) is 16.4. The molecule has 0 bridgehead atoms. The molecule has 0 aliphatic carbocycles. The normalized spacial score (nSPS) is 10.2. The number of ether oxygens (including phenoxy) is 3. The summed E-state index contributed by atoms with van der Waals surface area (Å²) in [5.74, 6) is 6.08. The maximum absolute atomic E-state index is 12.3. The molecule has 0 aliphatic rings. The van der Waals surface area contributed by atoms with Gasteiger partial charge in [-0.2, -0.15) is 0 Å². The van der Waals surface area contributed by atoms with E-state index in [1.165, 1.54) is 21.3 Å². The van der Waals surface area contributed by atoms with Gasteiger partial charge in [-0.25, -0.2) is 5.84 Å². The van der Waals surface area contributed by atoms with Crippen LogP contribution in [0.1, 0.15) is 55.3 Å². The molecule has 8 heteroatoms. The van der Waals surface area contributed by atoms with Crippen molar-refractivity contribution in [2.45, 2.75) is 44.9 Å². The van der Waals surface area contributed by atoms with E-state index in [0.717, 1.165) is 38.5 Å². The Morgan fingerprint density at radius 2 is 1.44 bits per heavy atom. The first-order valence-corrected chi connectivity index (χ1v) is 9.15. The van der Waals surface area contributed by atoms with E-state index in [1.54, 1.807) is 12.1 Å². The number of hydrazine groups is 1. The highest BCUT2D eigenvalue weighted by Gasteiger charge is 2.16. The number of carbonyl (C=O) groups is 2. The molecule has 0 atom stereocenters. The van der Waals surface area contributed by atoms with Crippen molar-refractivity contribution in [2.24, 2.45) is 5.84 Å². The number of hydrogen-bond acceptors (Lipinski definition) is 6. The van der Waals surface area contributed by atoms with Crippen molar-refractivity contribution in [3.05, 3.63) is 17.7 Å². The maximum atomic E-state index is 12.3. The summed E-state index contributed by atoms with van der Waals surface area (Å²) in [5, 5.41) is 2.91. The minimum Gasteiger partial charge on any atom is -0.493 e. The third-order valence-electron chi connectivity index (χ3n) is 4.20. The standard InChI is InChI=1S/C19H31N3O5/c1-25-15-12-14(13-16(26-2)18(15)27-3)19(24)21-11-9-7-5-4-6-8-10-17(23)22-20/h12-13H,4-11,20H2,1-3H3,(H,21,24)(H,22,23). The molecule has 2 amide bonds. The van der Waals surface area contributed by atoms with Crippen LogP contribution in [-0.4, -0.2) is 39.7 Å². The van der Waals surface area contributed by atoms with Gasteiger partial charge in [-0.1, -0.05) is 25.7 Å². The van der Waals surface area contributed by atoms with Crippen molar-refractivity contribution in [2.75, 3.05) is 27.9 Å². The number of nitrogens with one attached hydrogen (secondary N) is 2. The van der Waals surface area contributed by atoms with Crippen LogP contribution in [0.3, 0.4) is 0 Å². The Bertz CT molecular complexity index is 582. The number of benzene rings is 1. The SMILES string of the molecule is COc1cc(C(=O)NCCCCCCCCC(=O)NN)cc(OC)c1OC. The number of carbonyl (C=O) groups excluding carboxylic acids is 2. The van der Waals surface area contributed by atoms with E-state index in [2.05, 4.69) is 10.7 Å². The minimum atomic E-state index is -0.179. The number of methoxy groups -OCH3 is 3. The smallest absolute Gasteiger partial charge is 0.251 e. The van der Waals surface area contributed by atoms with Crippen molar-refractivity contribution in [3.8, 4) is 17.2 Å². The molecule has 0 fully saturated rings. The quantitative estimate of drug-likeness (QED) is 0.209. The molecule has 0 radical (unpaired) electrons. The topological polar surface area (TPSA) is 112 Å². The number of rotatable bonds is 13. The zero-order chi connectivity index (χ0) is 20.1. The van der Waals surface area contributed by atoms with Gasteiger partial charge >= 0.3 is 0 Å². The lowest BCUT2D eigenvalue weighted by Crippen LogP contribution is -2.29. The molecule has 0 unspecified atom stereocenters. The van der Waals surface area contributed by atoms with E-state index in [1.807, 2.05) is 0 Å². The highest BCUT2D eigenvalue weighted by Crippen LogP contribution is 2.38. The van der Waals surface area contributed by atoms with Gasteiger partial charge in [0.1, 0.15) is 0 Å². The Morgan fingerprint density at radius 1 is 0.889 bits per heavy atom. The summed E-state index contributed by atoms with van der Waals surface area (Å²) in [6.07, 6.45) is 6.40. The molecule has 1 aromatic rings. The van der Waals surface area contributed by atoms with Crippen molar-refractivity contribution in [1.82, 2.24) is 10.7 Å². The van der Waals surface area contributed by atoms with Gasteiger partial charge in [-0.15, -0.1) is 0 Å². The van der Waals surface area contributed by atoms with Crippen LogP contribution in [0, 0.1) is 0 Å². The molecule has 152 valence electrons. The first-order valence-electron chi connectivity index (χ1n) is 9.15. The molecule has 1 aromatic carbocycles. The first-order chi connectivity index (χ1) is 13.1. The molecule has 0 aromatic heterocycles. The second kappa shape index (κ2) is 12.8. The average molecular weight is 381 g/mol. The molecule has 8 nitrogen and oxygen atoms in total. The van der Waals surface area contributed by atoms with Gasteiger partial charge < -0.3 is 19.5 Å². The van der Waals surface area contributed by atoms with Crippen LogP contribution >= 0.6 is 0 Å². The van der Waals surface area contributed by atoms with Gasteiger partial charge in [0.05, 0.1) is 21.3 Å². The van der Waals surface area contributed by atoms with Crippen molar-refractivity contribution >= 4 is 11.8 Å². The van der Waals surface area contributed by atoms with E-state index in [9.17, 15) is 9.59 Å². The molecular weight excluding hydrogens is 350 g/mol. The molecule has 0 aliphatic heterocycles. The molecule has 0 heterocycles. The molecule has 27 heavy (non-hydrogen) atoms. The second-order valence-electron chi connectivity index (χ2n) is 6.11. The number of hydrogen-bond donors (Lipinski definition) is 3. The van der Waals surface area contributed by atoms with Crippen molar-refractivity contribution < 1.29 is 23.8 Å². The van der Waals surface area contributed by atoms with E-state index < -0.39 is 0 Å². The molecule has 0 spiro atoms. The molecule has 4 N–H and O–H groups in total. The summed E-state index contributed by atoms with van der Waals surface area (Å²) in [6.45, 7) is 0.602. The Hall–Kier alpha value is -2.48. The van der Waals surface area contributed by atoms with Crippen LogP contribution in [0.4, 0.5) is 0 Å². The largest absolute Gasteiger partial charge is 0.493 e. The summed E-state index contributed by atoms with van der Waals surface area (Å²) in [4.78, 5) is 23.3. The zero-order valence-corrected chi connectivity index (χ0v) is 16.4. The highest BCUT2D eigenvalue weighted by molar-refractivity contribution is 5.95. The van der Waals surface area contributed by atoms with Crippen LogP contribution in [0.5, 0.6) is 17.2 Å². The van der Waals surface area contributed by atoms with E-state index in [4.69, 9.17) is 20.1 Å². The maximum Gasteiger partial charge on any atom is 0.251 e. The highest BCUT2D eigenvalue weighted by atomic mass is 16.5. The fraction of sp³-hybridized carbons (Fsp3) is 0.579. The summed E-state index contributed by atoms with van der Waals surface area (Å²) in [6, 6.07) is 3.27. The van der Waals surface area contributed by atoms with Crippen LogP contribution < -0.4 is 30.8 Å². The average Bonchev–Trinajstić information content (AvgIpc) is 2.70. The lowest BCUT2D eigenvalue weighted by Gasteiger charge is -2.14. The minimum absolute atomic E-state index is 0.121. The van der Waals surface area contributed by atoms with Crippen LogP contribution in [0.2, 0.25) is 0 Å². The van der Waals surface area contributed by atoms with Gasteiger partial charge in [0.25, 0.3) is 5.91 Å². The van der Waals surface area contributed by atoms with Crippen molar-refractivity contribution in [3.63, 3.8) is 0 Å². The molecule has 0 saturated carbocycles. The van der Waals surface area contributed by atoms with Crippen molar-refractivity contribution in [1.29, 1.82) is 0 Å². The summed E-state index contributed by atoms with van der Waals surface area (Å²) >= 11 is 0. The van der Waals surface area contributed by atoms with Gasteiger partial charge in [0, 0.05) is 18.5 Å². The molecular formula is C19H31N3O5. The molecule has 1 rings (SSSR count). The predicted molar refractivity (Wildman–Crippen MR) is 103 cm³/mol. The van der Waals surface area contributed by atoms with Gasteiger partial charge in [0.2, 0.25) is 11.7 Å². The summed E-state index contributed by atoms with van der Waals surface area (Å²) in [5.41, 5.74) is 2.59. The van der Waals surface area contributed by atoms with E-state index in [0.29, 0.717) is 35.8 Å². The van der Waals surface area contributed by atoms with Gasteiger partial charge in [-0.05, 0) is 25.0 Å². The van der Waals surface area contributed by atoms with Crippen LogP contribution in [0.15, 0.2) is 12.1 Å². The second-order valence-corrected chi connectivity index (χ2v) is 6.11. The monoisotopic (exact) mass is 381 g/mol. The van der Waals surface area contributed by atoms with Gasteiger partial charge in [-0.3, -0.25) is 15.0 Å². The Kier molecular flexibility index (Phi) is 10.7. The third kappa shape index (κ3) is 7.74. The molecule has 0 saturated heterocycles. The van der Waals surface area contributed by atoms with Gasteiger partial charge in [0.15, 0.2) is 11.5 Å². The van der Waals surface area contributed by atoms with E-state index in [-0.39, 0.29) is 11.8 Å². The third-order valence-corrected chi connectivity index (χ3v) is 4.20. The predicted octanol–water partition coefficient (Wildman–Crippen LogP) is 2.16. The van der Waals surface area contributed by atoms with Crippen LogP contribution in [0.25, 0.3) is 0 Å². The van der Waals surface area contributed by atoms with E-state index >= 15 is 0 Å². The van der Waals surface area contributed by atoms with Crippen LogP contribution in [-0.2, 0) is 4.79 Å². The fourth-order valence-electron chi connectivity index (χ4n) is 2.71. The number of unbranched alkanes of at least 4 members (excludes halogenated alkanes) is 5. The lowest BCUT2D eigenvalue weighted by molar-refractivity contribution is -0.121. The fourth-order valence-corrected chi connectivity index (χ4v) is 2.71. The first kappa shape index (κ1) is 22.6. The lowest BCUT2D eigenvalue weighted by atomic mass is 10.1.